The number of aromatic nitrogens is 3. The summed E-state index contributed by atoms with van der Waals surface area (Å²) in [6.07, 6.45) is -4.27. The van der Waals surface area contributed by atoms with Gasteiger partial charge in [-0.05, 0) is 36.4 Å². The van der Waals surface area contributed by atoms with E-state index in [2.05, 4.69) is 15.4 Å². The first kappa shape index (κ1) is 26.0. The lowest BCUT2D eigenvalue weighted by molar-refractivity contribution is -0.141. The van der Waals surface area contributed by atoms with E-state index >= 15 is 0 Å². The molecule has 1 aliphatic rings. The average molecular weight is 550 g/mol. The van der Waals surface area contributed by atoms with Crippen LogP contribution in [0.2, 0.25) is 5.15 Å². The molecule has 1 amide bonds. The highest BCUT2D eigenvalue weighted by atomic mass is 35.5. The van der Waals surface area contributed by atoms with Gasteiger partial charge in [0.25, 0.3) is 0 Å². The zero-order valence-electron chi connectivity index (χ0n) is 18.1. The van der Waals surface area contributed by atoms with Crippen LogP contribution in [0.1, 0.15) is 17.7 Å². The van der Waals surface area contributed by atoms with E-state index in [1.807, 2.05) is 0 Å². The summed E-state index contributed by atoms with van der Waals surface area (Å²) in [5.41, 5.74) is -0.636. The first-order valence-corrected chi connectivity index (χ1v) is 12.1. The van der Waals surface area contributed by atoms with E-state index < -0.39 is 52.4 Å². The minimum atomic E-state index is -4.60. The molecule has 0 radical (unpaired) electrons. The molecule has 0 bridgehead atoms. The maximum Gasteiger partial charge on any atom is 0.433 e. The molecule has 0 spiro atoms. The Morgan fingerprint density at radius 3 is 2.47 bits per heavy atom. The summed E-state index contributed by atoms with van der Waals surface area (Å²) in [5.74, 6) is -1.45. The first-order chi connectivity index (χ1) is 16.9. The average Bonchev–Trinajstić information content (AvgIpc) is 3.40. The van der Waals surface area contributed by atoms with Gasteiger partial charge in [-0.25, -0.2) is 26.9 Å². The standard InChI is InChI=1S/C21H17ClF5N5O3S/c22-19-12(10-31(30-19)15-3-6-18(28-9-15)21(25,26)27)8-29-20(33)17-7-14(24)11-32(17)36(34,35)16-4-1-13(23)2-5-16/h1-6,9-10,14,17H,7-8,11H2,(H,29,33). The van der Waals surface area contributed by atoms with Crippen LogP contribution in [0.4, 0.5) is 22.0 Å². The number of rotatable bonds is 6. The van der Waals surface area contributed by atoms with Crippen molar-refractivity contribution in [1.29, 1.82) is 0 Å². The monoisotopic (exact) mass is 549 g/mol. The van der Waals surface area contributed by atoms with Gasteiger partial charge in [0, 0.05) is 31.3 Å². The number of benzene rings is 1. The molecule has 2 unspecified atom stereocenters. The summed E-state index contributed by atoms with van der Waals surface area (Å²) in [7, 11) is -4.28. The summed E-state index contributed by atoms with van der Waals surface area (Å²) in [4.78, 5) is 15.9. The smallest absolute Gasteiger partial charge is 0.350 e. The van der Waals surface area contributed by atoms with Crippen LogP contribution in [0, 0.1) is 5.82 Å². The Bertz CT molecular complexity index is 1360. The van der Waals surface area contributed by atoms with Crippen molar-refractivity contribution in [2.24, 2.45) is 0 Å². The Hall–Kier alpha value is -3.10. The second kappa shape index (κ2) is 9.75. The molecule has 1 fully saturated rings. The molecule has 1 aliphatic heterocycles. The lowest BCUT2D eigenvalue weighted by Gasteiger charge is -2.23. The summed E-state index contributed by atoms with van der Waals surface area (Å²) in [6.45, 7) is -0.763. The fourth-order valence-corrected chi connectivity index (χ4v) is 5.45. The van der Waals surface area contributed by atoms with Gasteiger partial charge in [0.1, 0.15) is 23.7 Å². The van der Waals surface area contributed by atoms with E-state index in [4.69, 9.17) is 11.6 Å². The Labute approximate surface area is 206 Å². The molecule has 192 valence electrons. The summed E-state index contributed by atoms with van der Waals surface area (Å²) >= 11 is 6.08. The van der Waals surface area contributed by atoms with Gasteiger partial charge in [-0.1, -0.05) is 11.6 Å². The van der Waals surface area contributed by atoms with Gasteiger partial charge in [0.2, 0.25) is 15.9 Å². The van der Waals surface area contributed by atoms with Gasteiger partial charge in [-0.3, -0.25) is 4.79 Å². The lowest BCUT2D eigenvalue weighted by Crippen LogP contribution is -2.45. The zero-order chi connectivity index (χ0) is 26.3. The fraction of sp³-hybridized carbons (Fsp3) is 0.286. The maximum atomic E-state index is 14.2. The van der Waals surface area contributed by atoms with Crippen molar-refractivity contribution in [3.8, 4) is 5.69 Å². The maximum absolute atomic E-state index is 14.2. The van der Waals surface area contributed by atoms with E-state index in [1.165, 1.54) is 6.20 Å². The molecule has 0 aliphatic carbocycles. The summed E-state index contributed by atoms with van der Waals surface area (Å²) < 4.78 is 93.2. The number of nitrogens with zero attached hydrogens (tertiary/aromatic N) is 4. The highest BCUT2D eigenvalue weighted by molar-refractivity contribution is 7.89. The quantitative estimate of drug-likeness (QED) is 0.475. The van der Waals surface area contributed by atoms with E-state index in [-0.39, 0.29) is 34.3 Å². The number of hydrogen-bond donors (Lipinski definition) is 1. The predicted octanol–water partition coefficient (Wildman–Crippen LogP) is 3.50. The molecule has 3 heterocycles. The van der Waals surface area contributed by atoms with Crippen LogP contribution in [0.3, 0.4) is 0 Å². The Morgan fingerprint density at radius 2 is 1.86 bits per heavy atom. The molecule has 4 rings (SSSR count). The minimum absolute atomic E-state index is 0.0687. The normalized spacial score (nSPS) is 18.9. The molecule has 1 saturated heterocycles. The van der Waals surface area contributed by atoms with Crippen molar-refractivity contribution >= 4 is 27.5 Å². The second-order valence-corrected chi connectivity index (χ2v) is 10.1. The third kappa shape index (κ3) is 5.34. The van der Waals surface area contributed by atoms with Crippen molar-refractivity contribution < 1.29 is 35.2 Å². The van der Waals surface area contributed by atoms with Gasteiger partial charge in [0.05, 0.1) is 16.8 Å². The number of carbonyl (C=O) groups is 1. The molecule has 1 N–H and O–H groups in total. The van der Waals surface area contributed by atoms with E-state index in [9.17, 15) is 35.2 Å². The van der Waals surface area contributed by atoms with Crippen molar-refractivity contribution in [3.63, 3.8) is 0 Å². The van der Waals surface area contributed by atoms with Crippen molar-refractivity contribution in [2.45, 2.75) is 36.3 Å². The van der Waals surface area contributed by atoms with E-state index in [0.29, 0.717) is 0 Å². The molecule has 8 nitrogen and oxygen atoms in total. The minimum Gasteiger partial charge on any atom is -0.350 e. The van der Waals surface area contributed by atoms with Gasteiger partial charge in [-0.15, -0.1) is 0 Å². The van der Waals surface area contributed by atoms with E-state index in [1.54, 1.807) is 0 Å². The van der Waals surface area contributed by atoms with Gasteiger partial charge in [-0.2, -0.15) is 22.6 Å². The van der Waals surface area contributed by atoms with Crippen molar-refractivity contribution in [1.82, 2.24) is 24.4 Å². The van der Waals surface area contributed by atoms with Crippen LogP contribution in [0.15, 0.2) is 53.7 Å². The number of nitrogens with one attached hydrogen (secondary N) is 1. The Kier molecular flexibility index (Phi) is 7.03. The fourth-order valence-electron chi connectivity index (χ4n) is 3.63. The van der Waals surface area contributed by atoms with Crippen LogP contribution in [-0.2, 0) is 27.5 Å². The summed E-state index contributed by atoms with van der Waals surface area (Å²) in [5, 5.41) is 6.39. The molecular weight excluding hydrogens is 533 g/mol. The number of pyridine rings is 1. The van der Waals surface area contributed by atoms with Crippen LogP contribution in [0.5, 0.6) is 0 Å². The number of alkyl halides is 4. The molecular formula is C21H17ClF5N5O3S. The Balaban J connectivity index is 1.47. The zero-order valence-corrected chi connectivity index (χ0v) is 19.7. The van der Waals surface area contributed by atoms with Gasteiger partial charge >= 0.3 is 6.18 Å². The van der Waals surface area contributed by atoms with Crippen LogP contribution < -0.4 is 5.32 Å². The number of amides is 1. The Morgan fingerprint density at radius 1 is 1.17 bits per heavy atom. The van der Waals surface area contributed by atoms with Crippen LogP contribution >= 0.6 is 11.6 Å². The largest absolute Gasteiger partial charge is 0.433 e. The van der Waals surface area contributed by atoms with Crippen LogP contribution in [-0.4, -0.2) is 52.2 Å². The van der Waals surface area contributed by atoms with E-state index in [0.717, 1.165) is 51.6 Å². The summed E-state index contributed by atoms with van der Waals surface area (Å²) in [6, 6.07) is 4.48. The number of hydrogen-bond acceptors (Lipinski definition) is 5. The van der Waals surface area contributed by atoms with Crippen molar-refractivity contribution in [3.05, 3.63) is 71.0 Å². The highest BCUT2D eigenvalue weighted by Gasteiger charge is 2.44. The number of sulfonamides is 1. The topological polar surface area (TPSA) is 97.2 Å². The third-order valence-corrected chi connectivity index (χ3v) is 7.63. The van der Waals surface area contributed by atoms with Gasteiger partial charge in [0.15, 0.2) is 5.15 Å². The second-order valence-electron chi connectivity index (χ2n) is 7.88. The molecule has 0 saturated carbocycles. The molecule has 2 aromatic heterocycles. The molecule has 2 atom stereocenters. The van der Waals surface area contributed by atoms with Crippen molar-refractivity contribution in [2.75, 3.05) is 6.54 Å². The lowest BCUT2D eigenvalue weighted by atomic mass is 10.2. The molecule has 15 heteroatoms. The number of halogens is 6. The molecule has 3 aromatic rings. The highest BCUT2D eigenvalue weighted by Crippen LogP contribution is 2.29. The first-order valence-electron chi connectivity index (χ1n) is 10.3. The van der Waals surface area contributed by atoms with Gasteiger partial charge < -0.3 is 5.32 Å². The third-order valence-electron chi connectivity index (χ3n) is 5.42. The number of carbonyl (C=O) groups excluding carboxylic acids is 1. The predicted molar refractivity (Wildman–Crippen MR) is 117 cm³/mol. The molecule has 36 heavy (non-hydrogen) atoms. The molecule has 1 aromatic carbocycles. The van der Waals surface area contributed by atoms with Crippen LogP contribution in [0.25, 0.3) is 5.69 Å². The SMILES string of the molecule is O=C(NCc1cn(-c2ccc(C(F)(F)F)nc2)nc1Cl)C1CC(F)CN1S(=O)(=O)c1ccc(F)cc1.